The maximum absolute atomic E-state index is 10.7. The molecule has 0 amide bonds. The van der Waals surface area contributed by atoms with Gasteiger partial charge in [0.05, 0.1) is 0 Å². The van der Waals surface area contributed by atoms with E-state index in [1.54, 1.807) is 0 Å². The van der Waals surface area contributed by atoms with Gasteiger partial charge in [-0.25, -0.2) is 0 Å². The van der Waals surface area contributed by atoms with Crippen molar-refractivity contribution < 1.29 is 9.90 Å². The van der Waals surface area contributed by atoms with Crippen molar-refractivity contribution in [2.75, 3.05) is 6.54 Å². The molecule has 0 spiro atoms. The van der Waals surface area contributed by atoms with Crippen LogP contribution in [-0.2, 0) is 4.79 Å². The molecule has 2 aliphatic heterocycles. The highest BCUT2D eigenvalue weighted by molar-refractivity contribution is 6.36. The summed E-state index contributed by atoms with van der Waals surface area (Å²) in [6, 6.07) is 0.979. The molecule has 1 N–H and O–H groups in total. The Morgan fingerprint density at radius 3 is 2.41 bits per heavy atom. The van der Waals surface area contributed by atoms with Crippen LogP contribution in [0.4, 0.5) is 0 Å². The number of aliphatic carboxylic acids is 1. The predicted molar refractivity (Wildman–Crippen MR) is 68.3 cm³/mol. The van der Waals surface area contributed by atoms with Crippen molar-refractivity contribution in [3.8, 4) is 0 Å². The summed E-state index contributed by atoms with van der Waals surface area (Å²) in [4.78, 5) is 13.1. The second-order valence-electron chi connectivity index (χ2n) is 5.05. The quantitative estimate of drug-likeness (QED) is 0.859. The lowest BCUT2D eigenvalue weighted by Crippen LogP contribution is -2.43. The van der Waals surface area contributed by atoms with Gasteiger partial charge in [0.15, 0.2) is 0 Å². The van der Waals surface area contributed by atoms with Crippen molar-refractivity contribution in [2.24, 2.45) is 5.92 Å². The lowest BCUT2D eigenvalue weighted by molar-refractivity contribution is -0.138. The predicted octanol–water partition coefficient (Wildman–Crippen LogP) is 3.02. The van der Waals surface area contributed by atoms with E-state index in [0.717, 1.165) is 25.7 Å². The van der Waals surface area contributed by atoms with Crippen LogP contribution in [0.1, 0.15) is 32.1 Å². The first-order chi connectivity index (χ1) is 8.10. The number of hydrogen-bond donors (Lipinski definition) is 1. The topological polar surface area (TPSA) is 40.5 Å². The normalized spacial score (nSPS) is 34.0. The third kappa shape index (κ3) is 3.15. The van der Waals surface area contributed by atoms with Gasteiger partial charge in [-0.05, 0) is 31.6 Å². The summed E-state index contributed by atoms with van der Waals surface area (Å²) < 4.78 is 0. The molecule has 2 rings (SSSR count). The first-order valence-corrected chi connectivity index (χ1v) is 6.84. The fraction of sp³-hybridized carbons (Fsp3) is 0.750. The van der Waals surface area contributed by atoms with Gasteiger partial charge in [0, 0.05) is 35.6 Å². The minimum absolute atomic E-state index is 0.305. The van der Waals surface area contributed by atoms with Crippen LogP contribution >= 0.6 is 23.2 Å². The third-order valence-corrected chi connectivity index (χ3v) is 4.50. The number of rotatable bonds is 4. The lowest BCUT2D eigenvalue weighted by Gasteiger charge is -2.38. The molecule has 17 heavy (non-hydrogen) atoms. The minimum atomic E-state index is -0.679. The fourth-order valence-corrected chi connectivity index (χ4v) is 3.47. The van der Waals surface area contributed by atoms with Gasteiger partial charge in [-0.3, -0.25) is 9.69 Å². The average Bonchev–Trinajstić information content (AvgIpc) is 2.50. The summed E-state index contributed by atoms with van der Waals surface area (Å²) in [5.41, 5.74) is 1.42. The summed E-state index contributed by atoms with van der Waals surface area (Å²) >= 11 is 11.6. The molecule has 2 unspecified atom stereocenters. The van der Waals surface area contributed by atoms with Gasteiger partial charge >= 0.3 is 5.97 Å². The van der Waals surface area contributed by atoms with Gasteiger partial charge in [-0.2, -0.15) is 0 Å². The molecule has 0 saturated carbocycles. The number of carbonyl (C=O) groups is 1. The van der Waals surface area contributed by atoms with E-state index in [1.165, 1.54) is 5.54 Å². The Labute approximate surface area is 111 Å². The average molecular weight is 278 g/mol. The van der Waals surface area contributed by atoms with Crippen molar-refractivity contribution in [1.29, 1.82) is 0 Å². The SMILES string of the molecule is O=C(O)CC1CC2CCC(C1)N2CC(Cl)=CCl. The number of carboxylic acid groups (broad SMARTS) is 1. The van der Waals surface area contributed by atoms with E-state index in [9.17, 15) is 4.79 Å². The maximum Gasteiger partial charge on any atom is 0.303 e. The molecular weight excluding hydrogens is 261 g/mol. The van der Waals surface area contributed by atoms with Crippen molar-refractivity contribution in [2.45, 2.75) is 44.2 Å². The van der Waals surface area contributed by atoms with Crippen molar-refractivity contribution in [3.05, 3.63) is 10.6 Å². The molecule has 0 aliphatic carbocycles. The van der Waals surface area contributed by atoms with Gasteiger partial charge in [-0.1, -0.05) is 23.2 Å². The Hall–Kier alpha value is -0.250. The molecule has 0 aromatic carbocycles. The molecule has 0 aromatic rings. The summed E-state index contributed by atoms with van der Waals surface area (Å²) in [6.07, 6.45) is 4.59. The van der Waals surface area contributed by atoms with Gasteiger partial charge in [0.1, 0.15) is 0 Å². The molecule has 3 nitrogen and oxygen atoms in total. The van der Waals surface area contributed by atoms with Gasteiger partial charge < -0.3 is 5.11 Å². The zero-order valence-electron chi connectivity index (χ0n) is 9.61. The fourth-order valence-electron chi connectivity index (χ4n) is 3.27. The van der Waals surface area contributed by atoms with E-state index in [4.69, 9.17) is 28.3 Å². The Bertz CT molecular complexity index is 318. The van der Waals surface area contributed by atoms with E-state index in [0.29, 0.717) is 36.0 Å². The van der Waals surface area contributed by atoms with Crippen LogP contribution in [-0.4, -0.2) is 34.6 Å². The highest BCUT2D eigenvalue weighted by Gasteiger charge is 2.40. The van der Waals surface area contributed by atoms with Crippen LogP contribution in [0.3, 0.4) is 0 Å². The molecule has 0 aromatic heterocycles. The molecule has 0 radical (unpaired) electrons. The van der Waals surface area contributed by atoms with E-state index in [1.807, 2.05) is 0 Å². The Morgan fingerprint density at radius 2 is 1.94 bits per heavy atom. The monoisotopic (exact) mass is 277 g/mol. The smallest absolute Gasteiger partial charge is 0.303 e. The van der Waals surface area contributed by atoms with Crippen molar-refractivity contribution in [3.63, 3.8) is 0 Å². The molecule has 96 valence electrons. The van der Waals surface area contributed by atoms with Crippen LogP contribution in [0, 0.1) is 5.92 Å². The van der Waals surface area contributed by atoms with Gasteiger partial charge in [0.25, 0.3) is 0 Å². The van der Waals surface area contributed by atoms with Crippen LogP contribution in [0.2, 0.25) is 0 Å². The van der Waals surface area contributed by atoms with Crippen LogP contribution in [0.15, 0.2) is 10.6 Å². The van der Waals surface area contributed by atoms with Crippen LogP contribution < -0.4 is 0 Å². The van der Waals surface area contributed by atoms with E-state index >= 15 is 0 Å². The van der Waals surface area contributed by atoms with Crippen LogP contribution in [0.5, 0.6) is 0 Å². The van der Waals surface area contributed by atoms with E-state index in [-0.39, 0.29) is 0 Å². The first kappa shape index (κ1) is 13.2. The third-order valence-electron chi connectivity index (χ3n) is 3.90. The summed E-state index contributed by atoms with van der Waals surface area (Å²) in [5, 5.41) is 9.51. The molecule has 2 saturated heterocycles. The number of piperidine rings is 1. The molecule has 2 bridgehead atoms. The summed E-state index contributed by atoms with van der Waals surface area (Å²) in [5.74, 6) is -0.346. The zero-order chi connectivity index (χ0) is 12.4. The zero-order valence-corrected chi connectivity index (χ0v) is 11.1. The number of carboxylic acids is 1. The Balaban J connectivity index is 1.95. The van der Waals surface area contributed by atoms with E-state index in [2.05, 4.69) is 4.90 Å². The first-order valence-electron chi connectivity index (χ1n) is 6.02. The number of nitrogens with zero attached hydrogens (tertiary/aromatic N) is 1. The second kappa shape index (κ2) is 5.59. The summed E-state index contributed by atoms with van der Waals surface area (Å²) in [7, 11) is 0. The molecular formula is C12H17Cl2NO2. The maximum atomic E-state index is 10.7. The van der Waals surface area contributed by atoms with Gasteiger partial charge in [0.2, 0.25) is 0 Å². The molecule has 2 atom stereocenters. The molecule has 5 heteroatoms. The van der Waals surface area contributed by atoms with Crippen molar-refractivity contribution in [1.82, 2.24) is 4.90 Å². The Morgan fingerprint density at radius 1 is 1.35 bits per heavy atom. The second-order valence-corrected chi connectivity index (χ2v) is 5.75. The highest BCUT2D eigenvalue weighted by Crippen LogP contribution is 2.40. The number of hydrogen-bond acceptors (Lipinski definition) is 2. The Kier molecular flexibility index (Phi) is 4.34. The van der Waals surface area contributed by atoms with Crippen molar-refractivity contribution >= 4 is 29.2 Å². The van der Waals surface area contributed by atoms with Gasteiger partial charge in [-0.15, -0.1) is 0 Å². The van der Waals surface area contributed by atoms with Crippen LogP contribution in [0.25, 0.3) is 0 Å². The minimum Gasteiger partial charge on any atom is -0.481 e. The molecule has 2 fully saturated rings. The van der Waals surface area contributed by atoms with E-state index < -0.39 is 5.97 Å². The summed E-state index contributed by atoms with van der Waals surface area (Å²) in [6.45, 7) is 0.709. The lowest BCUT2D eigenvalue weighted by atomic mass is 9.88. The largest absolute Gasteiger partial charge is 0.481 e. The number of fused-ring (bicyclic) bond motifs is 2. The highest BCUT2D eigenvalue weighted by atomic mass is 35.5. The number of halogens is 2. The molecule has 2 aliphatic rings. The molecule has 2 heterocycles. The standard InChI is InChI=1S/C12H17Cl2NO2/c13-6-9(14)7-15-10-1-2-11(15)4-8(3-10)5-12(16)17/h6,8,10-11H,1-5,7H2,(H,16,17).